The number of nitrogens with zero attached hydrogens (tertiary/aromatic N) is 1. The lowest BCUT2D eigenvalue weighted by Crippen LogP contribution is -2.32. The Hall–Kier alpha value is -2.54. The van der Waals surface area contributed by atoms with Gasteiger partial charge in [-0.1, -0.05) is 30.3 Å². The maximum Gasteiger partial charge on any atom is 0.232 e. The highest BCUT2D eigenvalue weighted by molar-refractivity contribution is 7.92. The smallest absolute Gasteiger partial charge is 0.232 e. The van der Waals surface area contributed by atoms with Crippen molar-refractivity contribution in [3.63, 3.8) is 0 Å². The van der Waals surface area contributed by atoms with Crippen molar-refractivity contribution in [1.82, 2.24) is 5.32 Å². The third-order valence-electron chi connectivity index (χ3n) is 4.28. The number of benzene rings is 2. The van der Waals surface area contributed by atoms with E-state index in [0.29, 0.717) is 24.5 Å². The average molecular weight is 405 g/mol. The van der Waals surface area contributed by atoms with Crippen molar-refractivity contribution in [3.05, 3.63) is 60.2 Å². The van der Waals surface area contributed by atoms with Crippen LogP contribution in [0.3, 0.4) is 0 Å². The van der Waals surface area contributed by atoms with E-state index in [9.17, 15) is 13.2 Å². The van der Waals surface area contributed by atoms with E-state index in [0.717, 1.165) is 5.56 Å². The molecule has 1 amide bonds. The van der Waals surface area contributed by atoms with Crippen molar-refractivity contribution in [1.29, 1.82) is 0 Å². The molecule has 7 heteroatoms. The number of nitrogens with one attached hydrogen (secondary N) is 1. The number of hydrogen-bond donors (Lipinski definition) is 1. The first kappa shape index (κ1) is 21.8. The molecule has 0 aromatic heterocycles. The van der Waals surface area contributed by atoms with Crippen molar-refractivity contribution in [2.24, 2.45) is 0 Å². The molecule has 0 aliphatic heterocycles. The molecule has 28 heavy (non-hydrogen) atoms. The summed E-state index contributed by atoms with van der Waals surface area (Å²) in [5.41, 5.74) is 1.59. The molecule has 1 N–H and O–H groups in total. The van der Waals surface area contributed by atoms with Gasteiger partial charge in [0.25, 0.3) is 0 Å². The number of anilines is 1. The van der Waals surface area contributed by atoms with Crippen molar-refractivity contribution in [2.45, 2.75) is 32.7 Å². The molecule has 0 aliphatic carbocycles. The zero-order valence-electron chi connectivity index (χ0n) is 16.6. The predicted molar refractivity (Wildman–Crippen MR) is 112 cm³/mol. The Morgan fingerprint density at radius 3 is 2.32 bits per heavy atom. The van der Waals surface area contributed by atoms with Gasteiger partial charge < -0.3 is 10.1 Å². The maximum absolute atomic E-state index is 12.2. The molecule has 152 valence electrons. The Kier molecular flexibility index (Phi) is 7.87. The summed E-state index contributed by atoms with van der Waals surface area (Å²) >= 11 is 0. The van der Waals surface area contributed by atoms with Gasteiger partial charge in [-0.2, -0.15) is 0 Å². The Morgan fingerprint density at radius 2 is 1.75 bits per heavy atom. The van der Waals surface area contributed by atoms with E-state index >= 15 is 0 Å². The van der Waals surface area contributed by atoms with E-state index in [1.165, 1.54) is 10.6 Å². The summed E-state index contributed by atoms with van der Waals surface area (Å²) in [5.74, 6) is 0.588. The number of rotatable bonds is 10. The number of sulfonamides is 1. The van der Waals surface area contributed by atoms with Gasteiger partial charge in [-0.3, -0.25) is 9.10 Å². The van der Waals surface area contributed by atoms with Crippen LogP contribution in [0.5, 0.6) is 5.75 Å². The summed E-state index contributed by atoms with van der Waals surface area (Å²) in [7, 11) is -3.45. The second kappa shape index (κ2) is 10.1. The second-order valence-corrected chi connectivity index (χ2v) is 8.47. The van der Waals surface area contributed by atoms with Crippen molar-refractivity contribution >= 4 is 21.6 Å². The van der Waals surface area contributed by atoms with Gasteiger partial charge in [0.1, 0.15) is 5.75 Å². The number of carbonyl (C=O) groups is 1. The van der Waals surface area contributed by atoms with Gasteiger partial charge in [0.15, 0.2) is 0 Å². The van der Waals surface area contributed by atoms with Crippen LogP contribution in [0.1, 0.15) is 38.3 Å². The van der Waals surface area contributed by atoms with E-state index in [4.69, 9.17) is 4.74 Å². The van der Waals surface area contributed by atoms with Gasteiger partial charge in [0.2, 0.25) is 15.9 Å². The first-order chi connectivity index (χ1) is 13.3. The highest BCUT2D eigenvalue weighted by Crippen LogP contribution is 2.22. The summed E-state index contributed by atoms with van der Waals surface area (Å²) in [6.45, 7) is 4.60. The molecule has 1 atom stereocenters. The SMILES string of the molecule is CCOc1ccc(N(CCCC(=O)NC(C)c2ccccc2)S(C)(=O)=O)cc1. The first-order valence-corrected chi connectivity index (χ1v) is 11.2. The monoisotopic (exact) mass is 404 g/mol. The second-order valence-electron chi connectivity index (χ2n) is 6.57. The molecule has 0 bridgehead atoms. The van der Waals surface area contributed by atoms with Crippen LogP contribution in [0.4, 0.5) is 5.69 Å². The van der Waals surface area contributed by atoms with Gasteiger partial charge in [-0.05, 0) is 50.1 Å². The predicted octanol–water partition coefficient (Wildman–Crippen LogP) is 3.51. The molecule has 0 spiro atoms. The normalized spacial score (nSPS) is 12.2. The summed E-state index contributed by atoms with van der Waals surface area (Å²) < 4.78 is 31.1. The molecule has 6 nitrogen and oxygen atoms in total. The minimum absolute atomic E-state index is 0.0918. The van der Waals surface area contributed by atoms with Crippen molar-refractivity contribution < 1.29 is 17.9 Å². The van der Waals surface area contributed by atoms with Crippen LogP contribution in [0, 0.1) is 0 Å². The lowest BCUT2D eigenvalue weighted by atomic mass is 10.1. The van der Waals surface area contributed by atoms with Crippen LogP contribution >= 0.6 is 0 Å². The summed E-state index contributed by atoms with van der Waals surface area (Å²) in [4.78, 5) is 12.2. The Morgan fingerprint density at radius 1 is 1.11 bits per heavy atom. The van der Waals surface area contributed by atoms with Crippen LogP contribution in [-0.4, -0.2) is 33.7 Å². The molecule has 2 rings (SSSR count). The number of hydrogen-bond acceptors (Lipinski definition) is 4. The summed E-state index contributed by atoms with van der Waals surface area (Å²) in [6.07, 6.45) is 1.84. The van der Waals surface area contributed by atoms with Crippen LogP contribution in [0.25, 0.3) is 0 Å². The zero-order valence-corrected chi connectivity index (χ0v) is 17.4. The van der Waals surface area contributed by atoms with Crippen molar-refractivity contribution in [2.75, 3.05) is 23.7 Å². The van der Waals surface area contributed by atoms with E-state index in [-0.39, 0.29) is 24.9 Å². The standard InChI is InChI=1S/C21H28N2O4S/c1-4-27-20-14-12-19(13-15-20)23(28(3,25)26)16-8-11-21(24)22-17(2)18-9-6-5-7-10-18/h5-7,9-10,12-15,17H,4,8,11,16H2,1-3H3,(H,22,24). The molecule has 0 radical (unpaired) electrons. The summed E-state index contributed by atoms with van der Waals surface area (Å²) in [6, 6.07) is 16.5. The maximum atomic E-state index is 12.2. The lowest BCUT2D eigenvalue weighted by molar-refractivity contribution is -0.121. The fourth-order valence-electron chi connectivity index (χ4n) is 2.88. The van der Waals surface area contributed by atoms with Crippen LogP contribution < -0.4 is 14.4 Å². The van der Waals surface area contributed by atoms with Gasteiger partial charge >= 0.3 is 0 Å². The van der Waals surface area contributed by atoms with Crippen LogP contribution in [0.2, 0.25) is 0 Å². The van der Waals surface area contributed by atoms with Gasteiger partial charge in [0.05, 0.1) is 24.6 Å². The largest absolute Gasteiger partial charge is 0.494 e. The molecule has 2 aromatic carbocycles. The van der Waals surface area contributed by atoms with Crippen LogP contribution in [-0.2, 0) is 14.8 Å². The minimum Gasteiger partial charge on any atom is -0.494 e. The fourth-order valence-corrected chi connectivity index (χ4v) is 3.85. The highest BCUT2D eigenvalue weighted by Gasteiger charge is 2.18. The lowest BCUT2D eigenvalue weighted by Gasteiger charge is -2.23. The third kappa shape index (κ3) is 6.56. The zero-order chi connectivity index (χ0) is 20.6. The summed E-state index contributed by atoms with van der Waals surface area (Å²) in [5, 5.41) is 2.95. The first-order valence-electron chi connectivity index (χ1n) is 9.36. The van der Waals surface area contributed by atoms with E-state index in [1.54, 1.807) is 24.3 Å². The topological polar surface area (TPSA) is 75.7 Å². The van der Waals surface area contributed by atoms with E-state index < -0.39 is 10.0 Å². The quantitative estimate of drug-likeness (QED) is 0.657. The Bertz CT molecular complexity index is 852. The van der Waals surface area contributed by atoms with Gasteiger partial charge in [-0.25, -0.2) is 8.42 Å². The van der Waals surface area contributed by atoms with Crippen LogP contribution in [0.15, 0.2) is 54.6 Å². The minimum atomic E-state index is -3.45. The molecule has 0 fully saturated rings. The Labute approximate surface area is 167 Å². The molecule has 2 aromatic rings. The average Bonchev–Trinajstić information content (AvgIpc) is 2.66. The van der Waals surface area contributed by atoms with E-state index in [1.807, 2.05) is 44.2 Å². The molecule has 0 heterocycles. The molecule has 0 saturated heterocycles. The number of carbonyl (C=O) groups excluding carboxylic acids is 1. The van der Waals surface area contributed by atoms with Crippen molar-refractivity contribution in [3.8, 4) is 5.75 Å². The third-order valence-corrected chi connectivity index (χ3v) is 5.47. The highest BCUT2D eigenvalue weighted by atomic mass is 32.2. The number of amides is 1. The van der Waals surface area contributed by atoms with Gasteiger partial charge in [-0.15, -0.1) is 0 Å². The van der Waals surface area contributed by atoms with Gasteiger partial charge in [0, 0.05) is 13.0 Å². The molecule has 1 unspecified atom stereocenters. The molecule has 0 aliphatic rings. The molecular formula is C21H28N2O4S. The molecular weight excluding hydrogens is 376 g/mol. The Balaban J connectivity index is 1.92. The molecule has 0 saturated carbocycles. The van der Waals surface area contributed by atoms with E-state index in [2.05, 4.69) is 5.32 Å². The fraction of sp³-hybridized carbons (Fsp3) is 0.381. The number of ether oxygens (including phenoxy) is 1.